The van der Waals surface area contributed by atoms with Crippen LogP contribution >= 0.6 is 11.8 Å². The molecule has 1 aromatic heterocycles. The number of rotatable bonds is 7. The average Bonchev–Trinajstić information content (AvgIpc) is 3.28. The highest BCUT2D eigenvalue weighted by Crippen LogP contribution is 2.31. The lowest BCUT2D eigenvalue weighted by Gasteiger charge is -2.41. The van der Waals surface area contributed by atoms with Crippen LogP contribution in [0.4, 0.5) is 5.69 Å². The van der Waals surface area contributed by atoms with Gasteiger partial charge in [-0.2, -0.15) is 0 Å². The maximum atomic E-state index is 13.5. The first-order valence-corrected chi connectivity index (χ1v) is 12.8. The van der Waals surface area contributed by atoms with Gasteiger partial charge in [0.2, 0.25) is 11.8 Å². The number of carbonyl (C=O) groups is 2. The summed E-state index contributed by atoms with van der Waals surface area (Å²) in [6.07, 6.45) is 13.7. The second-order valence-electron chi connectivity index (χ2n) is 8.89. The predicted molar refractivity (Wildman–Crippen MR) is 127 cm³/mol. The van der Waals surface area contributed by atoms with Crippen LogP contribution in [0.3, 0.4) is 0 Å². The molecule has 4 rings (SSSR count). The Balaban J connectivity index is 1.46. The number of thioether (sulfide) groups is 1. The maximum Gasteiger partial charge on any atom is 0.233 e. The zero-order chi connectivity index (χ0) is 22.3. The first-order valence-electron chi connectivity index (χ1n) is 11.8. The summed E-state index contributed by atoms with van der Waals surface area (Å²) in [6, 6.07) is 8.34. The molecule has 0 saturated heterocycles. The molecular formula is C24H33N5O2S. The van der Waals surface area contributed by atoms with E-state index in [2.05, 4.69) is 20.4 Å². The summed E-state index contributed by atoms with van der Waals surface area (Å²) in [5.41, 5.74) is 1.57. The fourth-order valence-electron chi connectivity index (χ4n) is 5.06. The molecule has 8 heteroatoms. The predicted octanol–water partition coefficient (Wildman–Crippen LogP) is 4.81. The van der Waals surface area contributed by atoms with E-state index in [0.29, 0.717) is 23.0 Å². The van der Waals surface area contributed by atoms with Gasteiger partial charge in [-0.3, -0.25) is 14.2 Å². The van der Waals surface area contributed by atoms with Crippen molar-refractivity contribution in [2.24, 2.45) is 0 Å². The van der Waals surface area contributed by atoms with E-state index in [1.54, 1.807) is 6.33 Å². The highest BCUT2D eigenvalue weighted by molar-refractivity contribution is 7.99. The third kappa shape index (κ3) is 5.71. The summed E-state index contributed by atoms with van der Waals surface area (Å²) in [7, 11) is 0. The van der Waals surface area contributed by atoms with Crippen LogP contribution in [0.15, 0.2) is 35.7 Å². The van der Waals surface area contributed by atoms with E-state index in [-0.39, 0.29) is 11.8 Å². The minimum absolute atomic E-state index is 0.114. The molecule has 7 nitrogen and oxygen atoms in total. The van der Waals surface area contributed by atoms with Gasteiger partial charge in [0.15, 0.2) is 5.16 Å². The summed E-state index contributed by atoms with van der Waals surface area (Å²) < 4.78 is 1.87. The Morgan fingerprint density at radius 3 is 2.34 bits per heavy atom. The molecule has 1 aromatic carbocycles. The van der Waals surface area contributed by atoms with Crippen LogP contribution in [0.5, 0.6) is 0 Å². The van der Waals surface area contributed by atoms with E-state index in [9.17, 15) is 9.59 Å². The zero-order valence-corrected chi connectivity index (χ0v) is 19.6. The quantitative estimate of drug-likeness (QED) is 0.606. The number of anilines is 1. The van der Waals surface area contributed by atoms with Crippen LogP contribution in [-0.4, -0.2) is 49.3 Å². The number of hydrogen-bond acceptors (Lipinski definition) is 5. The van der Waals surface area contributed by atoms with Crippen LogP contribution < -0.4 is 5.32 Å². The number of carbonyl (C=O) groups excluding carboxylic acids is 2. The smallest absolute Gasteiger partial charge is 0.233 e. The standard InChI is InChI=1S/C24H33N5O2S/c1-18(30)26-19-9-8-14-22(15-19)28-17-25-27-24(28)32-16-23(31)29(20-10-4-2-5-11-20)21-12-6-3-7-13-21/h8-9,14-15,17,20-21H,2-7,10-13,16H2,1H3,(H,26,30). The van der Waals surface area contributed by atoms with Crippen LogP contribution in [0.25, 0.3) is 5.69 Å². The summed E-state index contributed by atoms with van der Waals surface area (Å²) in [4.78, 5) is 27.1. The molecule has 2 amide bonds. The maximum absolute atomic E-state index is 13.5. The molecule has 1 heterocycles. The van der Waals surface area contributed by atoms with Crippen LogP contribution in [0.1, 0.15) is 71.1 Å². The third-order valence-corrected chi connectivity index (χ3v) is 7.44. The molecule has 1 N–H and O–H groups in total. The molecule has 2 fully saturated rings. The molecule has 0 spiro atoms. The fraction of sp³-hybridized carbons (Fsp3) is 0.583. The molecule has 0 unspecified atom stereocenters. The molecule has 32 heavy (non-hydrogen) atoms. The summed E-state index contributed by atoms with van der Waals surface area (Å²) in [5, 5.41) is 11.8. The SMILES string of the molecule is CC(=O)Nc1cccc(-n2cnnc2SCC(=O)N(C2CCCCC2)C2CCCCC2)c1. The van der Waals surface area contributed by atoms with Crippen LogP contribution in [0.2, 0.25) is 0 Å². The summed E-state index contributed by atoms with van der Waals surface area (Å²) in [6.45, 7) is 1.49. The monoisotopic (exact) mass is 455 g/mol. The minimum Gasteiger partial charge on any atom is -0.336 e. The van der Waals surface area contributed by atoms with Gasteiger partial charge in [0.05, 0.1) is 11.4 Å². The van der Waals surface area contributed by atoms with Gasteiger partial charge in [0.25, 0.3) is 0 Å². The lowest BCUT2D eigenvalue weighted by atomic mass is 9.88. The van der Waals surface area contributed by atoms with Crippen molar-refractivity contribution >= 4 is 29.3 Å². The van der Waals surface area contributed by atoms with Crippen molar-refractivity contribution < 1.29 is 9.59 Å². The van der Waals surface area contributed by atoms with Crippen molar-refractivity contribution in [3.63, 3.8) is 0 Å². The lowest BCUT2D eigenvalue weighted by Crippen LogP contribution is -2.49. The molecule has 2 aliphatic carbocycles. The van der Waals surface area contributed by atoms with Gasteiger partial charge >= 0.3 is 0 Å². The van der Waals surface area contributed by atoms with Gasteiger partial charge in [0.1, 0.15) is 6.33 Å². The van der Waals surface area contributed by atoms with Gasteiger partial charge in [-0.15, -0.1) is 10.2 Å². The Morgan fingerprint density at radius 2 is 1.72 bits per heavy atom. The van der Waals surface area contributed by atoms with Crippen molar-refractivity contribution in [3.05, 3.63) is 30.6 Å². The largest absolute Gasteiger partial charge is 0.336 e. The first kappa shape index (κ1) is 22.8. The van der Waals surface area contributed by atoms with Crippen molar-refractivity contribution in [3.8, 4) is 5.69 Å². The number of benzene rings is 1. The second kappa shape index (κ2) is 11.0. The summed E-state index contributed by atoms with van der Waals surface area (Å²) >= 11 is 1.44. The number of nitrogens with zero attached hydrogens (tertiary/aromatic N) is 4. The van der Waals surface area contributed by atoms with Crippen molar-refractivity contribution in [2.75, 3.05) is 11.1 Å². The van der Waals surface area contributed by atoms with E-state index >= 15 is 0 Å². The molecule has 0 atom stereocenters. The average molecular weight is 456 g/mol. The number of aromatic nitrogens is 3. The molecule has 2 saturated carbocycles. The van der Waals surface area contributed by atoms with Crippen LogP contribution in [0, 0.1) is 0 Å². The molecular weight excluding hydrogens is 422 g/mol. The van der Waals surface area contributed by atoms with Gasteiger partial charge in [-0.25, -0.2) is 0 Å². The highest BCUT2D eigenvalue weighted by atomic mass is 32.2. The molecule has 0 aliphatic heterocycles. The highest BCUT2D eigenvalue weighted by Gasteiger charge is 2.32. The molecule has 0 radical (unpaired) electrons. The first-order chi connectivity index (χ1) is 15.6. The summed E-state index contributed by atoms with van der Waals surface area (Å²) in [5.74, 6) is 0.490. The van der Waals surface area contributed by atoms with Gasteiger partial charge in [-0.1, -0.05) is 56.4 Å². The molecule has 172 valence electrons. The Bertz CT molecular complexity index is 901. The van der Waals surface area contributed by atoms with Gasteiger partial charge < -0.3 is 10.2 Å². The zero-order valence-electron chi connectivity index (χ0n) is 18.8. The number of hydrogen-bond donors (Lipinski definition) is 1. The molecule has 0 bridgehead atoms. The number of amides is 2. The van der Waals surface area contributed by atoms with Crippen LogP contribution in [-0.2, 0) is 9.59 Å². The van der Waals surface area contributed by atoms with Crippen molar-refractivity contribution in [2.45, 2.75) is 88.4 Å². The Labute approximate surface area is 194 Å². The second-order valence-corrected chi connectivity index (χ2v) is 9.83. The van der Waals surface area contributed by atoms with Gasteiger partial charge in [0, 0.05) is 24.7 Å². The Hall–Kier alpha value is -2.35. The van der Waals surface area contributed by atoms with E-state index in [1.807, 2.05) is 28.8 Å². The Morgan fingerprint density at radius 1 is 1.06 bits per heavy atom. The fourth-order valence-corrected chi connectivity index (χ4v) is 5.86. The van der Waals surface area contributed by atoms with E-state index in [0.717, 1.165) is 37.1 Å². The lowest BCUT2D eigenvalue weighted by molar-refractivity contribution is -0.135. The van der Waals surface area contributed by atoms with E-state index in [1.165, 1.54) is 57.2 Å². The molecule has 2 aliphatic rings. The van der Waals surface area contributed by atoms with Crippen molar-refractivity contribution in [1.29, 1.82) is 0 Å². The minimum atomic E-state index is -0.114. The number of nitrogens with one attached hydrogen (secondary N) is 1. The Kier molecular flexibility index (Phi) is 7.84. The van der Waals surface area contributed by atoms with E-state index in [4.69, 9.17) is 0 Å². The third-order valence-electron chi connectivity index (χ3n) is 6.51. The normalized spacial score (nSPS) is 17.8. The van der Waals surface area contributed by atoms with E-state index < -0.39 is 0 Å². The topological polar surface area (TPSA) is 80.1 Å². The van der Waals surface area contributed by atoms with Gasteiger partial charge in [-0.05, 0) is 43.9 Å². The van der Waals surface area contributed by atoms with Crippen molar-refractivity contribution in [1.82, 2.24) is 19.7 Å². The molecule has 2 aromatic rings.